The van der Waals surface area contributed by atoms with Crippen LogP contribution in [0.5, 0.6) is 0 Å². The summed E-state index contributed by atoms with van der Waals surface area (Å²) < 4.78 is 0. The number of aliphatic hydroxyl groups excluding tert-OH is 1. The molecule has 16 heavy (non-hydrogen) atoms. The SMILES string of the molecule is CCCCCCC(C)NC(C)C(CO)SC. The third-order valence-electron chi connectivity index (χ3n) is 3.08. The average Bonchev–Trinajstić information content (AvgIpc) is 2.26. The van der Waals surface area contributed by atoms with Crippen molar-refractivity contribution in [3.05, 3.63) is 0 Å². The maximum atomic E-state index is 9.19. The quantitative estimate of drug-likeness (QED) is 0.582. The van der Waals surface area contributed by atoms with Gasteiger partial charge >= 0.3 is 0 Å². The zero-order valence-electron chi connectivity index (χ0n) is 11.3. The van der Waals surface area contributed by atoms with Crippen molar-refractivity contribution in [2.75, 3.05) is 12.9 Å². The van der Waals surface area contributed by atoms with Crippen LogP contribution in [0.1, 0.15) is 52.9 Å². The molecule has 0 saturated carbocycles. The standard InChI is InChI=1S/C13H29NOS/c1-5-6-7-8-9-11(2)14-12(3)13(10-15)16-4/h11-15H,5-10H2,1-4H3. The summed E-state index contributed by atoms with van der Waals surface area (Å²) in [4.78, 5) is 0. The number of rotatable bonds is 10. The van der Waals surface area contributed by atoms with Crippen molar-refractivity contribution in [1.82, 2.24) is 5.32 Å². The lowest BCUT2D eigenvalue weighted by Gasteiger charge is -2.25. The Kier molecular flexibility index (Phi) is 10.6. The largest absolute Gasteiger partial charge is 0.395 e. The average molecular weight is 247 g/mol. The first-order chi connectivity index (χ1) is 7.65. The molecule has 0 fully saturated rings. The van der Waals surface area contributed by atoms with E-state index < -0.39 is 0 Å². The number of nitrogens with one attached hydrogen (secondary N) is 1. The number of unbranched alkanes of at least 4 members (excludes halogenated alkanes) is 3. The van der Waals surface area contributed by atoms with Crippen molar-refractivity contribution in [1.29, 1.82) is 0 Å². The molecule has 0 aliphatic rings. The zero-order valence-corrected chi connectivity index (χ0v) is 12.1. The van der Waals surface area contributed by atoms with Crippen LogP contribution in [0.4, 0.5) is 0 Å². The molecule has 2 nitrogen and oxygen atoms in total. The lowest BCUT2D eigenvalue weighted by molar-refractivity contribution is 0.270. The first-order valence-electron chi connectivity index (χ1n) is 6.55. The van der Waals surface area contributed by atoms with Crippen LogP contribution in [0.15, 0.2) is 0 Å². The zero-order chi connectivity index (χ0) is 12.4. The fraction of sp³-hybridized carbons (Fsp3) is 1.00. The normalized spacial score (nSPS) is 17.1. The van der Waals surface area contributed by atoms with E-state index in [4.69, 9.17) is 0 Å². The van der Waals surface area contributed by atoms with E-state index in [1.165, 1.54) is 32.1 Å². The van der Waals surface area contributed by atoms with E-state index in [0.717, 1.165) is 0 Å². The van der Waals surface area contributed by atoms with Gasteiger partial charge in [0.15, 0.2) is 0 Å². The molecule has 3 atom stereocenters. The first kappa shape index (κ1) is 16.3. The molecule has 0 rings (SSSR count). The molecule has 0 spiro atoms. The van der Waals surface area contributed by atoms with E-state index in [9.17, 15) is 5.11 Å². The molecule has 0 heterocycles. The van der Waals surface area contributed by atoms with Gasteiger partial charge in [0.2, 0.25) is 0 Å². The summed E-state index contributed by atoms with van der Waals surface area (Å²) in [5.41, 5.74) is 0. The van der Waals surface area contributed by atoms with E-state index in [0.29, 0.717) is 17.3 Å². The topological polar surface area (TPSA) is 32.3 Å². The molecule has 0 bridgehead atoms. The van der Waals surface area contributed by atoms with Crippen molar-refractivity contribution in [2.24, 2.45) is 0 Å². The Hall–Kier alpha value is 0.270. The molecule has 0 aromatic heterocycles. The molecule has 3 heteroatoms. The predicted molar refractivity (Wildman–Crippen MR) is 75.2 cm³/mol. The molecule has 2 N–H and O–H groups in total. The second-order valence-electron chi connectivity index (χ2n) is 4.66. The van der Waals surface area contributed by atoms with Gasteiger partial charge in [-0.05, 0) is 26.5 Å². The Bertz CT molecular complexity index is 151. The summed E-state index contributed by atoms with van der Waals surface area (Å²) in [6.07, 6.45) is 8.63. The van der Waals surface area contributed by atoms with Gasteiger partial charge in [-0.25, -0.2) is 0 Å². The summed E-state index contributed by atoms with van der Waals surface area (Å²) in [6, 6.07) is 0.953. The molecular weight excluding hydrogens is 218 g/mol. The van der Waals surface area contributed by atoms with Crippen LogP contribution in [0.2, 0.25) is 0 Å². The summed E-state index contributed by atoms with van der Waals surface area (Å²) in [5, 5.41) is 13.1. The number of hydrogen-bond acceptors (Lipinski definition) is 3. The highest BCUT2D eigenvalue weighted by atomic mass is 32.2. The molecule has 0 aromatic rings. The van der Waals surface area contributed by atoms with Gasteiger partial charge in [-0.15, -0.1) is 0 Å². The highest BCUT2D eigenvalue weighted by molar-refractivity contribution is 7.99. The van der Waals surface area contributed by atoms with Crippen molar-refractivity contribution < 1.29 is 5.11 Å². The minimum absolute atomic E-state index is 0.262. The lowest BCUT2D eigenvalue weighted by Crippen LogP contribution is -2.42. The first-order valence-corrected chi connectivity index (χ1v) is 7.84. The third kappa shape index (κ3) is 7.53. The van der Waals surface area contributed by atoms with Gasteiger partial charge in [-0.3, -0.25) is 0 Å². The molecule has 3 unspecified atom stereocenters. The van der Waals surface area contributed by atoms with Gasteiger partial charge in [0.05, 0.1) is 6.61 Å². The minimum atomic E-state index is 0.262. The van der Waals surface area contributed by atoms with E-state index >= 15 is 0 Å². The minimum Gasteiger partial charge on any atom is -0.395 e. The number of hydrogen-bond donors (Lipinski definition) is 2. The van der Waals surface area contributed by atoms with Gasteiger partial charge < -0.3 is 10.4 Å². The Balaban J connectivity index is 3.64. The van der Waals surface area contributed by atoms with Crippen molar-refractivity contribution in [3.63, 3.8) is 0 Å². The third-order valence-corrected chi connectivity index (χ3v) is 4.24. The van der Waals surface area contributed by atoms with Crippen LogP contribution >= 0.6 is 11.8 Å². The smallest absolute Gasteiger partial charge is 0.0564 e. The summed E-state index contributed by atoms with van der Waals surface area (Å²) >= 11 is 1.74. The molecule has 0 aliphatic heterocycles. The van der Waals surface area contributed by atoms with Gasteiger partial charge in [0.25, 0.3) is 0 Å². The van der Waals surface area contributed by atoms with Crippen molar-refractivity contribution in [3.8, 4) is 0 Å². The van der Waals surface area contributed by atoms with E-state index in [2.05, 4.69) is 32.3 Å². The van der Waals surface area contributed by atoms with Crippen LogP contribution in [-0.4, -0.2) is 35.3 Å². The Morgan fingerprint density at radius 2 is 1.88 bits per heavy atom. The van der Waals surface area contributed by atoms with E-state index in [1.54, 1.807) is 11.8 Å². The molecule has 0 saturated heterocycles. The monoisotopic (exact) mass is 247 g/mol. The molecule has 0 amide bonds. The lowest BCUT2D eigenvalue weighted by atomic mass is 10.1. The van der Waals surface area contributed by atoms with Gasteiger partial charge in [-0.1, -0.05) is 32.6 Å². The van der Waals surface area contributed by atoms with Crippen LogP contribution in [0.3, 0.4) is 0 Å². The maximum Gasteiger partial charge on any atom is 0.0564 e. The molecule has 0 aliphatic carbocycles. The van der Waals surface area contributed by atoms with Gasteiger partial charge in [0.1, 0.15) is 0 Å². The summed E-state index contributed by atoms with van der Waals surface area (Å²) in [5.74, 6) is 0. The maximum absolute atomic E-state index is 9.19. The Labute approximate surface area is 106 Å². The van der Waals surface area contributed by atoms with Gasteiger partial charge in [-0.2, -0.15) is 11.8 Å². The highest BCUT2D eigenvalue weighted by Gasteiger charge is 2.16. The second kappa shape index (κ2) is 10.4. The summed E-state index contributed by atoms with van der Waals surface area (Å²) in [6.45, 7) is 6.92. The molecular formula is C13H29NOS. The number of aliphatic hydroxyl groups is 1. The fourth-order valence-corrected chi connectivity index (χ4v) is 2.59. The van der Waals surface area contributed by atoms with Gasteiger partial charge in [0, 0.05) is 17.3 Å². The number of thioether (sulfide) groups is 1. The van der Waals surface area contributed by atoms with E-state index in [1.807, 2.05) is 0 Å². The highest BCUT2D eigenvalue weighted by Crippen LogP contribution is 2.12. The fourth-order valence-electron chi connectivity index (χ4n) is 1.95. The second-order valence-corrected chi connectivity index (χ2v) is 5.74. The molecule has 0 aromatic carbocycles. The van der Waals surface area contributed by atoms with Crippen LogP contribution in [0, 0.1) is 0 Å². The predicted octanol–water partition coefficient (Wildman–Crippen LogP) is 3.05. The molecule has 98 valence electrons. The van der Waals surface area contributed by atoms with Crippen molar-refractivity contribution >= 4 is 11.8 Å². The van der Waals surface area contributed by atoms with Crippen LogP contribution in [0.25, 0.3) is 0 Å². The summed E-state index contributed by atoms with van der Waals surface area (Å²) in [7, 11) is 0. The van der Waals surface area contributed by atoms with Crippen molar-refractivity contribution in [2.45, 2.75) is 70.2 Å². The Morgan fingerprint density at radius 3 is 2.38 bits per heavy atom. The Morgan fingerprint density at radius 1 is 1.19 bits per heavy atom. The molecule has 0 radical (unpaired) electrons. The van der Waals surface area contributed by atoms with Crippen LogP contribution in [-0.2, 0) is 0 Å². The van der Waals surface area contributed by atoms with Crippen LogP contribution < -0.4 is 5.32 Å². The van der Waals surface area contributed by atoms with E-state index in [-0.39, 0.29) is 6.61 Å².